The summed E-state index contributed by atoms with van der Waals surface area (Å²) in [4.78, 5) is 36.7. The van der Waals surface area contributed by atoms with Crippen LogP contribution in [0.3, 0.4) is 0 Å². The number of carbonyl (C=O) groups is 1. The fourth-order valence-corrected chi connectivity index (χ4v) is 2.11. The summed E-state index contributed by atoms with van der Waals surface area (Å²) in [5.74, 6) is 0.132. The Balaban J connectivity index is 2.02. The Morgan fingerprint density at radius 3 is 3.11 bits per heavy atom. The number of carbonyl (C=O) groups excluding carboxylic acids is 1. The summed E-state index contributed by atoms with van der Waals surface area (Å²) in [6.07, 6.45) is 2.29. The van der Waals surface area contributed by atoms with Crippen LogP contribution in [0.25, 0.3) is 11.2 Å². The maximum Gasteiger partial charge on any atom is 0.277 e. The normalized spacial score (nSPS) is 12.5. The van der Waals surface area contributed by atoms with Crippen LogP contribution < -0.4 is 10.9 Å². The Morgan fingerprint density at radius 2 is 2.37 bits per heavy atom. The molecule has 2 heterocycles. The van der Waals surface area contributed by atoms with E-state index in [0.717, 1.165) is 6.42 Å². The number of hydrogen-bond donors (Lipinski definition) is 3. The smallest absolute Gasteiger partial charge is 0.277 e. The van der Waals surface area contributed by atoms with E-state index in [1.165, 1.54) is 18.1 Å². The lowest BCUT2D eigenvalue weighted by atomic mass is 10.3. The number of nitrogens with one attached hydrogen (secondary N) is 3. The molecule has 0 aromatic carbocycles. The van der Waals surface area contributed by atoms with E-state index in [1.54, 1.807) is 0 Å². The van der Waals surface area contributed by atoms with Gasteiger partial charge in [-0.05, 0) is 13.3 Å². The number of aromatic amines is 2. The van der Waals surface area contributed by atoms with Crippen molar-refractivity contribution in [3.05, 3.63) is 16.7 Å². The van der Waals surface area contributed by atoms with Crippen molar-refractivity contribution in [3.63, 3.8) is 0 Å². The minimum atomic E-state index is -0.285. The van der Waals surface area contributed by atoms with Gasteiger partial charge >= 0.3 is 0 Å². The zero-order valence-corrected chi connectivity index (χ0v) is 11.5. The van der Waals surface area contributed by atoms with Crippen molar-refractivity contribution in [2.45, 2.75) is 31.5 Å². The van der Waals surface area contributed by atoms with E-state index in [0.29, 0.717) is 16.3 Å². The Labute approximate surface area is 113 Å². The number of imidazole rings is 1. The molecule has 0 saturated carbocycles. The first kappa shape index (κ1) is 13.6. The molecule has 0 aliphatic heterocycles. The minimum Gasteiger partial charge on any atom is -0.353 e. The molecule has 3 N–H and O–H groups in total. The Kier molecular flexibility index (Phi) is 4.20. The largest absolute Gasteiger partial charge is 0.353 e. The molecule has 8 heteroatoms. The van der Waals surface area contributed by atoms with Gasteiger partial charge in [0.1, 0.15) is 0 Å². The number of aromatic nitrogens is 4. The van der Waals surface area contributed by atoms with Crippen LogP contribution in [0.2, 0.25) is 0 Å². The van der Waals surface area contributed by atoms with Crippen molar-refractivity contribution in [2.24, 2.45) is 0 Å². The molecule has 0 aliphatic rings. The van der Waals surface area contributed by atoms with Gasteiger partial charge in [-0.15, -0.1) is 0 Å². The number of hydrogen-bond acceptors (Lipinski definition) is 5. The average Bonchev–Trinajstić information content (AvgIpc) is 2.85. The number of amides is 1. The van der Waals surface area contributed by atoms with Crippen molar-refractivity contribution in [2.75, 3.05) is 5.75 Å². The van der Waals surface area contributed by atoms with Gasteiger partial charge in [-0.25, -0.2) is 9.97 Å². The van der Waals surface area contributed by atoms with Gasteiger partial charge < -0.3 is 10.3 Å². The second-order valence-corrected chi connectivity index (χ2v) is 5.10. The van der Waals surface area contributed by atoms with Gasteiger partial charge in [-0.2, -0.15) is 0 Å². The van der Waals surface area contributed by atoms with Crippen molar-refractivity contribution >= 4 is 28.8 Å². The first-order valence-electron chi connectivity index (χ1n) is 5.95. The third-order valence-electron chi connectivity index (χ3n) is 2.63. The molecule has 0 aliphatic carbocycles. The lowest BCUT2D eigenvalue weighted by molar-refractivity contribution is -0.119. The molecule has 0 bridgehead atoms. The first-order chi connectivity index (χ1) is 9.10. The summed E-state index contributed by atoms with van der Waals surface area (Å²) < 4.78 is 0. The predicted molar refractivity (Wildman–Crippen MR) is 73.1 cm³/mol. The Bertz CT molecular complexity index is 635. The monoisotopic (exact) mass is 281 g/mol. The molecular formula is C11H15N5O2S. The topological polar surface area (TPSA) is 104 Å². The van der Waals surface area contributed by atoms with E-state index in [4.69, 9.17) is 0 Å². The lowest BCUT2D eigenvalue weighted by Gasteiger charge is -2.10. The molecule has 2 aromatic heterocycles. The van der Waals surface area contributed by atoms with Crippen LogP contribution >= 0.6 is 11.8 Å². The molecule has 2 aromatic rings. The molecule has 0 spiro atoms. The maximum atomic E-state index is 11.6. The van der Waals surface area contributed by atoms with Gasteiger partial charge in [0.05, 0.1) is 12.1 Å². The van der Waals surface area contributed by atoms with Crippen LogP contribution in [0.1, 0.15) is 20.3 Å². The van der Waals surface area contributed by atoms with Crippen LogP contribution in [0.4, 0.5) is 0 Å². The molecule has 19 heavy (non-hydrogen) atoms. The fourth-order valence-electron chi connectivity index (χ4n) is 1.44. The van der Waals surface area contributed by atoms with E-state index >= 15 is 0 Å². The number of thioether (sulfide) groups is 1. The molecular weight excluding hydrogens is 266 g/mol. The Hall–Kier alpha value is -1.83. The standard InChI is InChI=1S/C11H15N5O2S/c1-3-6(2)14-7(17)4-19-11-15-9-8(10(18)16-11)12-5-13-9/h5-6H,3-4H2,1-2H3,(H,14,17)(H2,12,13,15,16,18)/t6-/m0/s1. The van der Waals surface area contributed by atoms with Gasteiger partial charge in [0.25, 0.3) is 5.56 Å². The second-order valence-electron chi connectivity index (χ2n) is 4.14. The minimum absolute atomic E-state index is 0.0795. The molecule has 2 rings (SSSR count). The molecule has 0 unspecified atom stereocenters. The van der Waals surface area contributed by atoms with Gasteiger partial charge in [-0.1, -0.05) is 18.7 Å². The van der Waals surface area contributed by atoms with Crippen LogP contribution in [-0.4, -0.2) is 37.6 Å². The maximum absolute atomic E-state index is 11.6. The summed E-state index contributed by atoms with van der Waals surface area (Å²) in [6, 6.07) is 0.147. The lowest BCUT2D eigenvalue weighted by Crippen LogP contribution is -2.33. The van der Waals surface area contributed by atoms with Crippen LogP contribution in [0.5, 0.6) is 0 Å². The Morgan fingerprint density at radius 1 is 1.58 bits per heavy atom. The summed E-state index contributed by atoms with van der Waals surface area (Å²) in [6.45, 7) is 3.95. The SMILES string of the molecule is CC[C@H](C)NC(=O)CSc1nc2nc[nH]c2c(=O)[nH]1. The van der Waals surface area contributed by atoms with Crippen LogP contribution in [0, 0.1) is 0 Å². The highest BCUT2D eigenvalue weighted by Crippen LogP contribution is 2.12. The van der Waals surface area contributed by atoms with Crippen molar-refractivity contribution < 1.29 is 4.79 Å². The molecule has 1 amide bonds. The molecule has 102 valence electrons. The van der Waals surface area contributed by atoms with Crippen LogP contribution in [-0.2, 0) is 4.79 Å². The molecule has 0 saturated heterocycles. The van der Waals surface area contributed by atoms with Gasteiger partial charge in [-0.3, -0.25) is 14.6 Å². The van der Waals surface area contributed by atoms with Crippen molar-refractivity contribution in [3.8, 4) is 0 Å². The van der Waals surface area contributed by atoms with E-state index < -0.39 is 0 Å². The second kappa shape index (κ2) is 5.87. The van der Waals surface area contributed by atoms with E-state index in [1.807, 2.05) is 13.8 Å². The number of H-pyrrole nitrogens is 2. The number of fused-ring (bicyclic) bond motifs is 1. The number of nitrogens with zero attached hydrogens (tertiary/aromatic N) is 2. The molecule has 0 fully saturated rings. The van der Waals surface area contributed by atoms with Gasteiger partial charge in [0.2, 0.25) is 5.91 Å². The van der Waals surface area contributed by atoms with Crippen molar-refractivity contribution in [1.29, 1.82) is 0 Å². The van der Waals surface area contributed by atoms with E-state index in [-0.39, 0.29) is 23.3 Å². The third kappa shape index (κ3) is 3.34. The highest BCUT2D eigenvalue weighted by Gasteiger charge is 2.09. The summed E-state index contributed by atoms with van der Waals surface area (Å²) in [7, 11) is 0. The zero-order valence-electron chi connectivity index (χ0n) is 10.7. The van der Waals surface area contributed by atoms with Crippen molar-refractivity contribution in [1.82, 2.24) is 25.3 Å². The average molecular weight is 281 g/mol. The molecule has 1 atom stereocenters. The quantitative estimate of drug-likeness (QED) is 0.551. The summed E-state index contributed by atoms with van der Waals surface area (Å²) in [5.41, 5.74) is 0.411. The first-order valence-corrected chi connectivity index (χ1v) is 6.94. The van der Waals surface area contributed by atoms with Gasteiger partial charge in [0, 0.05) is 6.04 Å². The zero-order chi connectivity index (χ0) is 13.8. The highest BCUT2D eigenvalue weighted by molar-refractivity contribution is 7.99. The fraction of sp³-hybridized carbons (Fsp3) is 0.455. The highest BCUT2D eigenvalue weighted by atomic mass is 32.2. The van der Waals surface area contributed by atoms with E-state index in [2.05, 4.69) is 25.3 Å². The molecule has 7 nitrogen and oxygen atoms in total. The third-order valence-corrected chi connectivity index (χ3v) is 3.51. The predicted octanol–water partition coefficient (Wildman–Crippen LogP) is 0.653. The summed E-state index contributed by atoms with van der Waals surface area (Å²) in [5, 5.41) is 3.24. The van der Waals surface area contributed by atoms with E-state index in [9.17, 15) is 9.59 Å². The van der Waals surface area contributed by atoms with Gasteiger partial charge in [0.15, 0.2) is 16.3 Å². The summed E-state index contributed by atoms with van der Waals surface area (Å²) >= 11 is 1.18. The van der Waals surface area contributed by atoms with Crippen LogP contribution in [0.15, 0.2) is 16.3 Å². The number of rotatable bonds is 5. The molecule has 0 radical (unpaired) electrons.